The molecule has 0 radical (unpaired) electrons. The molecule has 0 aliphatic carbocycles. The molecule has 1 heterocycles. The molecular weight excluding hydrogens is 282 g/mol. The number of H-pyrrole nitrogens is 1. The van der Waals surface area contributed by atoms with Gasteiger partial charge in [0, 0.05) is 5.56 Å². The second-order valence-corrected chi connectivity index (χ2v) is 4.92. The largest absolute Gasteiger partial charge is 0.493 e. The smallest absolute Gasteiger partial charge is 0.361 e. The van der Waals surface area contributed by atoms with Crippen LogP contribution in [-0.4, -0.2) is 34.6 Å². The van der Waals surface area contributed by atoms with Gasteiger partial charge in [0.1, 0.15) is 11.4 Å². The summed E-state index contributed by atoms with van der Waals surface area (Å²) in [5.74, 6) is 0.309. The quantitative estimate of drug-likeness (QED) is 0.628. The van der Waals surface area contributed by atoms with Crippen molar-refractivity contribution in [2.45, 2.75) is 33.6 Å². The Bertz CT molecular complexity index is 637. The van der Waals surface area contributed by atoms with E-state index in [-0.39, 0.29) is 5.69 Å². The lowest BCUT2D eigenvalue weighted by Gasteiger charge is -2.10. The summed E-state index contributed by atoms with van der Waals surface area (Å²) in [6.07, 6.45) is 2.08. The summed E-state index contributed by atoms with van der Waals surface area (Å²) >= 11 is 0. The number of hydrogen-bond acceptors (Lipinski definition) is 5. The van der Waals surface area contributed by atoms with E-state index in [1.165, 1.54) is 0 Å². The number of hydrogen-bond donors (Lipinski definition) is 1. The molecule has 2 aromatic rings. The van der Waals surface area contributed by atoms with Crippen LogP contribution in [0.1, 0.15) is 42.7 Å². The van der Waals surface area contributed by atoms with Gasteiger partial charge >= 0.3 is 5.97 Å². The molecule has 0 bridgehead atoms. The van der Waals surface area contributed by atoms with E-state index in [0.717, 1.165) is 29.7 Å². The maximum Gasteiger partial charge on any atom is 0.361 e. The van der Waals surface area contributed by atoms with Gasteiger partial charge in [0.05, 0.1) is 13.2 Å². The van der Waals surface area contributed by atoms with Crippen molar-refractivity contribution in [2.24, 2.45) is 0 Å². The minimum atomic E-state index is -0.486. The number of nitrogens with one attached hydrogen (secondary N) is 1. The molecule has 0 spiro atoms. The first-order chi connectivity index (χ1) is 10.7. The molecule has 0 saturated carbocycles. The van der Waals surface area contributed by atoms with Gasteiger partial charge in [-0.25, -0.2) is 4.79 Å². The van der Waals surface area contributed by atoms with Crippen LogP contribution < -0.4 is 4.74 Å². The standard InChI is InChI=1S/C16H21N3O3/c1-4-6-9-22-13-10-12(8-7-11(13)3)14-15(18-19-17-14)16(20)21-5-2/h7-8,10H,4-6,9H2,1-3H3,(H,17,18,19). The molecule has 2 rings (SSSR count). The molecule has 1 aromatic carbocycles. The van der Waals surface area contributed by atoms with Gasteiger partial charge in [-0.05, 0) is 31.9 Å². The molecular formula is C16H21N3O3. The number of benzene rings is 1. The van der Waals surface area contributed by atoms with Crippen molar-refractivity contribution >= 4 is 5.97 Å². The SMILES string of the molecule is CCCCOc1cc(-c2n[nH]nc2C(=O)OCC)ccc1C. The van der Waals surface area contributed by atoms with Crippen LogP contribution in [0.2, 0.25) is 0 Å². The zero-order chi connectivity index (χ0) is 15.9. The summed E-state index contributed by atoms with van der Waals surface area (Å²) in [7, 11) is 0. The molecule has 6 heteroatoms. The Labute approximate surface area is 129 Å². The molecule has 0 fully saturated rings. The van der Waals surface area contributed by atoms with Crippen LogP contribution in [0.3, 0.4) is 0 Å². The van der Waals surface area contributed by atoms with E-state index in [9.17, 15) is 4.79 Å². The van der Waals surface area contributed by atoms with E-state index in [1.807, 2.05) is 25.1 Å². The first kappa shape index (κ1) is 16.0. The average Bonchev–Trinajstić information content (AvgIpc) is 2.99. The molecule has 0 amide bonds. The summed E-state index contributed by atoms with van der Waals surface area (Å²) in [6, 6.07) is 5.72. The Kier molecular flexibility index (Phi) is 5.52. The van der Waals surface area contributed by atoms with Gasteiger partial charge in [0.2, 0.25) is 0 Å². The molecule has 118 valence electrons. The van der Waals surface area contributed by atoms with Crippen molar-refractivity contribution in [3.8, 4) is 17.0 Å². The monoisotopic (exact) mass is 303 g/mol. The van der Waals surface area contributed by atoms with Crippen LogP contribution in [0.15, 0.2) is 18.2 Å². The lowest BCUT2D eigenvalue weighted by molar-refractivity contribution is 0.0520. The van der Waals surface area contributed by atoms with Crippen LogP contribution in [-0.2, 0) is 4.74 Å². The third-order valence-corrected chi connectivity index (χ3v) is 3.23. The Morgan fingerprint density at radius 2 is 2.09 bits per heavy atom. The molecule has 0 unspecified atom stereocenters. The van der Waals surface area contributed by atoms with Crippen LogP contribution in [0.4, 0.5) is 0 Å². The maximum absolute atomic E-state index is 11.9. The number of carbonyl (C=O) groups excluding carboxylic acids is 1. The highest BCUT2D eigenvalue weighted by atomic mass is 16.5. The molecule has 0 atom stereocenters. The fourth-order valence-electron chi connectivity index (χ4n) is 2.00. The fourth-order valence-corrected chi connectivity index (χ4v) is 2.00. The number of unbranched alkanes of at least 4 members (excludes halogenated alkanes) is 1. The number of carbonyl (C=O) groups is 1. The highest BCUT2D eigenvalue weighted by Gasteiger charge is 2.19. The van der Waals surface area contributed by atoms with Crippen molar-refractivity contribution in [3.05, 3.63) is 29.5 Å². The number of aromatic amines is 1. The van der Waals surface area contributed by atoms with Crippen molar-refractivity contribution in [2.75, 3.05) is 13.2 Å². The van der Waals surface area contributed by atoms with Gasteiger partial charge < -0.3 is 9.47 Å². The maximum atomic E-state index is 11.9. The fraction of sp³-hybridized carbons (Fsp3) is 0.438. The number of esters is 1. The minimum absolute atomic E-state index is 0.185. The number of rotatable bonds is 7. The zero-order valence-corrected chi connectivity index (χ0v) is 13.2. The topological polar surface area (TPSA) is 77.1 Å². The number of nitrogens with zero attached hydrogens (tertiary/aromatic N) is 2. The second-order valence-electron chi connectivity index (χ2n) is 4.92. The highest BCUT2D eigenvalue weighted by Crippen LogP contribution is 2.27. The van der Waals surface area contributed by atoms with E-state index in [2.05, 4.69) is 22.3 Å². The van der Waals surface area contributed by atoms with E-state index in [0.29, 0.717) is 18.9 Å². The summed E-state index contributed by atoms with van der Waals surface area (Å²) in [5.41, 5.74) is 2.47. The summed E-state index contributed by atoms with van der Waals surface area (Å²) in [4.78, 5) is 11.9. The van der Waals surface area contributed by atoms with Crippen molar-refractivity contribution in [1.29, 1.82) is 0 Å². The lowest BCUT2D eigenvalue weighted by atomic mass is 10.1. The molecule has 6 nitrogen and oxygen atoms in total. The molecule has 22 heavy (non-hydrogen) atoms. The van der Waals surface area contributed by atoms with Gasteiger partial charge in [0.25, 0.3) is 0 Å². The summed E-state index contributed by atoms with van der Waals surface area (Å²) in [6.45, 7) is 6.83. The first-order valence-electron chi connectivity index (χ1n) is 7.49. The van der Waals surface area contributed by atoms with Gasteiger partial charge in [-0.1, -0.05) is 25.5 Å². The molecule has 0 aliphatic heterocycles. The lowest BCUT2D eigenvalue weighted by Crippen LogP contribution is -2.07. The van der Waals surface area contributed by atoms with Crippen LogP contribution in [0.5, 0.6) is 5.75 Å². The van der Waals surface area contributed by atoms with E-state index in [4.69, 9.17) is 9.47 Å². The van der Waals surface area contributed by atoms with Gasteiger partial charge in [0.15, 0.2) is 5.69 Å². The van der Waals surface area contributed by atoms with Crippen molar-refractivity contribution in [1.82, 2.24) is 15.4 Å². The van der Waals surface area contributed by atoms with Crippen LogP contribution >= 0.6 is 0 Å². The molecule has 0 aliphatic rings. The average molecular weight is 303 g/mol. The minimum Gasteiger partial charge on any atom is -0.493 e. The number of aromatic nitrogens is 3. The van der Waals surface area contributed by atoms with E-state index < -0.39 is 5.97 Å². The van der Waals surface area contributed by atoms with Gasteiger partial charge in [-0.3, -0.25) is 0 Å². The number of ether oxygens (including phenoxy) is 2. The van der Waals surface area contributed by atoms with E-state index >= 15 is 0 Å². The second kappa shape index (κ2) is 7.59. The Hall–Kier alpha value is -2.37. The van der Waals surface area contributed by atoms with Crippen molar-refractivity contribution in [3.63, 3.8) is 0 Å². The highest BCUT2D eigenvalue weighted by molar-refractivity contribution is 5.94. The Balaban J connectivity index is 2.28. The Morgan fingerprint density at radius 3 is 2.82 bits per heavy atom. The summed E-state index contributed by atoms with van der Waals surface area (Å²) in [5, 5.41) is 10.4. The van der Waals surface area contributed by atoms with E-state index in [1.54, 1.807) is 6.92 Å². The van der Waals surface area contributed by atoms with Crippen LogP contribution in [0.25, 0.3) is 11.3 Å². The zero-order valence-electron chi connectivity index (χ0n) is 13.2. The summed E-state index contributed by atoms with van der Waals surface area (Å²) < 4.78 is 10.8. The predicted octanol–water partition coefficient (Wildman–Crippen LogP) is 3.14. The first-order valence-corrected chi connectivity index (χ1v) is 7.49. The third kappa shape index (κ3) is 3.63. The number of aryl methyl sites for hydroxylation is 1. The van der Waals surface area contributed by atoms with Gasteiger partial charge in [-0.2, -0.15) is 10.3 Å². The molecule has 1 N–H and O–H groups in total. The van der Waals surface area contributed by atoms with Gasteiger partial charge in [-0.15, -0.1) is 5.10 Å². The molecule has 0 saturated heterocycles. The third-order valence-electron chi connectivity index (χ3n) is 3.23. The molecule has 1 aromatic heterocycles. The predicted molar refractivity (Wildman–Crippen MR) is 82.9 cm³/mol. The van der Waals surface area contributed by atoms with Crippen LogP contribution in [0, 0.1) is 6.92 Å². The van der Waals surface area contributed by atoms with Crippen molar-refractivity contribution < 1.29 is 14.3 Å². The Morgan fingerprint density at radius 1 is 1.27 bits per heavy atom. The normalized spacial score (nSPS) is 10.5.